The molecule has 12 heteroatoms. The maximum absolute atomic E-state index is 11.8. The van der Waals surface area contributed by atoms with E-state index in [-0.39, 0.29) is 44.3 Å². The molecule has 0 bridgehead atoms. The molecule has 0 aromatic heterocycles. The lowest BCUT2D eigenvalue weighted by Crippen LogP contribution is -2.84. The Morgan fingerprint density at radius 2 is 0.945 bits per heavy atom. The van der Waals surface area contributed by atoms with E-state index in [4.69, 9.17) is 23.7 Å². The monoisotopic (exact) mass is 791 g/mol. The van der Waals surface area contributed by atoms with Gasteiger partial charge in [-0.05, 0) is 19.3 Å². The number of unbranched alkanes of at least 4 members (excludes halogenated alkanes) is 17. The Balaban J connectivity index is -0.000000826. The summed E-state index contributed by atoms with van der Waals surface area (Å²) in [5, 5.41) is 11.3. The zero-order valence-electron chi connectivity index (χ0n) is 35.8. The van der Waals surface area contributed by atoms with Crippen LogP contribution in [-0.2, 0) is 47.7 Å². The van der Waals surface area contributed by atoms with E-state index in [1.165, 1.54) is 77.0 Å². The van der Waals surface area contributed by atoms with Crippen molar-refractivity contribution in [3.8, 4) is 0 Å². The minimum atomic E-state index is -0.803. The molecule has 0 radical (unpaired) electrons. The van der Waals surface area contributed by atoms with Crippen LogP contribution in [0, 0.1) is 0 Å². The summed E-state index contributed by atoms with van der Waals surface area (Å²) in [6.07, 6.45) is 26.1. The Labute approximate surface area is 335 Å². The van der Waals surface area contributed by atoms with Gasteiger partial charge >= 0.3 is 17.9 Å². The van der Waals surface area contributed by atoms with Gasteiger partial charge in [0.05, 0.1) is 32.7 Å². The summed E-state index contributed by atoms with van der Waals surface area (Å²) in [5.41, 5.74) is 0. The number of hydrogen-bond acceptors (Lipinski definition) is 11. The number of ether oxygens (including phenoxy) is 5. The number of esters is 3. The average Bonchev–Trinajstić information content (AvgIpc) is 3.19. The van der Waals surface area contributed by atoms with Crippen LogP contribution < -0.4 is 5.32 Å². The second kappa shape index (κ2) is 49.6. The van der Waals surface area contributed by atoms with Crippen molar-refractivity contribution < 1.29 is 58.1 Å². The van der Waals surface area contributed by atoms with Gasteiger partial charge in [0, 0.05) is 52.7 Å². The molecule has 326 valence electrons. The first kappa shape index (κ1) is 56.9. The number of hydrogen-bond donors (Lipinski definition) is 2. The lowest BCUT2D eigenvalue weighted by atomic mass is 10.1. The molecule has 0 spiro atoms. The maximum Gasteiger partial charge on any atom is 0.306 e. The number of aliphatic hydroxyl groups is 1. The van der Waals surface area contributed by atoms with Crippen molar-refractivity contribution in [2.24, 2.45) is 0 Å². The third-order valence-electron chi connectivity index (χ3n) is 8.71. The predicted molar refractivity (Wildman–Crippen MR) is 218 cm³/mol. The van der Waals surface area contributed by atoms with E-state index in [0.717, 1.165) is 77.0 Å². The topological polar surface area (TPSA) is 168 Å². The molecule has 55 heavy (non-hydrogen) atoms. The van der Waals surface area contributed by atoms with Crippen LogP contribution in [-0.4, -0.2) is 102 Å². The summed E-state index contributed by atoms with van der Waals surface area (Å²) in [6, 6.07) is 0. The molecule has 12 nitrogen and oxygen atoms in total. The Bertz CT molecular complexity index is 843. The molecule has 0 aliphatic carbocycles. The molecule has 0 aliphatic rings. The van der Waals surface area contributed by atoms with E-state index < -0.39 is 12.1 Å². The van der Waals surface area contributed by atoms with E-state index in [9.17, 15) is 29.1 Å². The summed E-state index contributed by atoms with van der Waals surface area (Å²) in [4.78, 5) is 55.0. The zero-order valence-corrected chi connectivity index (χ0v) is 35.8. The van der Waals surface area contributed by atoms with Crippen LogP contribution >= 0.6 is 0 Å². The van der Waals surface area contributed by atoms with Crippen molar-refractivity contribution in [1.82, 2.24) is 0 Å². The fraction of sp³-hybridized carbons (Fsp3) is 0.884. The van der Waals surface area contributed by atoms with E-state index in [1.54, 1.807) is 14.2 Å². The van der Waals surface area contributed by atoms with Crippen LogP contribution in [0.25, 0.3) is 0 Å². The van der Waals surface area contributed by atoms with E-state index >= 15 is 0 Å². The van der Waals surface area contributed by atoms with Crippen molar-refractivity contribution in [2.45, 2.75) is 193 Å². The molecule has 0 rings (SSSR count). The van der Waals surface area contributed by atoms with Crippen LogP contribution in [0.4, 0.5) is 0 Å². The number of nitrogens with two attached hydrogens (primary N) is 1. The van der Waals surface area contributed by atoms with Gasteiger partial charge in [-0.3, -0.25) is 14.4 Å². The molecule has 0 aliphatic heterocycles. The van der Waals surface area contributed by atoms with Crippen molar-refractivity contribution in [1.29, 1.82) is 0 Å². The Hall–Kier alpha value is -2.41. The van der Waals surface area contributed by atoms with E-state index in [0.29, 0.717) is 32.3 Å². The van der Waals surface area contributed by atoms with Crippen LogP contribution in [0.2, 0.25) is 0 Å². The molecular weight excluding hydrogens is 706 g/mol. The molecule has 0 saturated heterocycles. The standard InChI is InChI=1S/C20H37NO6.C14H28O4.C9H18O/c1-2-3-4-5-6-7-11-19(24)26-17-18(16-23)27-20(25)12-10-14-21-13-8-9-15-22;1-4-5-6-7-8-9-10-14(15)18-12-13(17-3)11-16-2;1-2-3-4-5-6-7-8-9-10/h15,18,21,23H,2-14,16-17H2,1H3;13H,4-12H2,1-3H3;9H,2-8H2,1H3/p+1. The Morgan fingerprint density at radius 3 is 1.40 bits per heavy atom. The quantitative estimate of drug-likeness (QED) is 0.0277. The number of carbonyl (C=O) groups excluding carboxylic acids is 5. The minimum absolute atomic E-state index is 0.102. The number of aldehydes is 2. The molecule has 0 aromatic carbocycles. The summed E-state index contributed by atoms with van der Waals surface area (Å²) in [6.45, 7) is 8.47. The second-order valence-corrected chi connectivity index (χ2v) is 14.0. The Kier molecular flexibility index (Phi) is 51.3. The van der Waals surface area contributed by atoms with Gasteiger partial charge in [0.15, 0.2) is 6.10 Å². The maximum atomic E-state index is 11.8. The third-order valence-corrected chi connectivity index (χ3v) is 8.71. The number of carbonyl (C=O) groups is 5. The zero-order chi connectivity index (χ0) is 41.5. The first-order valence-corrected chi connectivity index (χ1v) is 21.6. The van der Waals surface area contributed by atoms with Crippen LogP contribution in [0.15, 0.2) is 0 Å². The highest BCUT2D eigenvalue weighted by molar-refractivity contribution is 5.70. The van der Waals surface area contributed by atoms with Gasteiger partial charge in [0.1, 0.15) is 31.9 Å². The molecule has 0 fully saturated rings. The van der Waals surface area contributed by atoms with Gasteiger partial charge in [-0.1, -0.05) is 117 Å². The predicted octanol–water partition coefficient (Wildman–Crippen LogP) is 7.38. The van der Waals surface area contributed by atoms with Crippen LogP contribution in [0.3, 0.4) is 0 Å². The van der Waals surface area contributed by atoms with Crippen molar-refractivity contribution in [2.75, 3.05) is 53.7 Å². The second-order valence-electron chi connectivity index (χ2n) is 14.0. The van der Waals surface area contributed by atoms with Crippen molar-refractivity contribution in [3.05, 3.63) is 0 Å². The number of rotatable bonds is 38. The SMILES string of the molecule is CCCCCCCCC(=O)OCC(CO)OC(=O)CCC[NH2+]CCCC=O.CCCCCCCCC(=O)OCC(COC)OC.CCCCCCCCC=O. The van der Waals surface area contributed by atoms with Crippen LogP contribution in [0.1, 0.15) is 181 Å². The number of aliphatic hydroxyl groups excluding tert-OH is 1. The lowest BCUT2D eigenvalue weighted by Gasteiger charge is -2.15. The fourth-order valence-electron chi connectivity index (χ4n) is 5.24. The van der Waals surface area contributed by atoms with Gasteiger partial charge in [-0.2, -0.15) is 0 Å². The van der Waals surface area contributed by atoms with Gasteiger partial charge in [0.25, 0.3) is 0 Å². The van der Waals surface area contributed by atoms with Gasteiger partial charge in [-0.15, -0.1) is 0 Å². The molecule has 0 aromatic rings. The first-order valence-electron chi connectivity index (χ1n) is 21.6. The molecule has 0 amide bonds. The minimum Gasteiger partial charge on any atom is -0.463 e. The van der Waals surface area contributed by atoms with Gasteiger partial charge in [0.2, 0.25) is 0 Å². The summed E-state index contributed by atoms with van der Waals surface area (Å²) in [7, 11) is 3.19. The molecule has 3 N–H and O–H groups in total. The van der Waals surface area contributed by atoms with Crippen molar-refractivity contribution in [3.63, 3.8) is 0 Å². The van der Waals surface area contributed by atoms with E-state index in [1.807, 2.05) is 0 Å². The summed E-state index contributed by atoms with van der Waals surface area (Å²) >= 11 is 0. The Morgan fingerprint density at radius 1 is 0.527 bits per heavy atom. The van der Waals surface area contributed by atoms with Crippen molar-refractivity contribution >= 4 is 30.5 Å². The highest BCUT2D eigenvalue weighted by Crippen LogP contribution is 2.09. The largest absolute Gasteiger partial charge is 0.463 e. The third kappa shape index (κ3) is 49.6. The van der Waals surface area contributed by atoms with Gasteiger partial charge < -0.3 is 43.7 Å². The van der Waals surface area contributed by atoms with E-state index in [2.05, 4.69) is 26.1 Å². The molecule has 2 unspecified atom stereocenters. The first-order chi connectivity index (χ1) is 26.8. The average molecular weight is 791 g/mol. The summed E-state index contributed by atoms with van der Waals surface area (Å²) in [5.74, 6) is -0.851. The molecule has 2 atom stereocenters. The molecule has 0 saturated carbocycles. The lowest BCUT2D eigenvalue weighted by molar-refractivity contribution is -0.655. The normalized spacial score (nSPS) is 11.6. The highest BCUT2D eigenvalue weighted by Gasteiger charge is 2.16. The number of methoxy groups -OCH3 is 2. The highest BCUT2D eigenvalue weighted by atomic mass is 16.6. The molecular formula is C43H84NO11+. The van der Waals surface area contributed by atoms with Crippen LogP contribution in [0.5, 0.6) is 0 Å². The van der Waals surface area contributed by atoms with Gasteiger partial charge in [-0.25, -0.2) is 0 Å². The fourth-order valence-corrected chi connectivity index (χ4v) is 5.24. The smallest absolute Gasteiger partial charge is 0.306 e. The number of quaternary nitrogens is 1. The summed E-state index contributed by atoms with van der Waals surface area (Å²) < 4.78 is 25.4. The molecule has 0 heterocycles.